The summed E-state index contributed by atoms with van der Waals surface area (Å²) < 4.78 is 10.6. The van der Waals surface area contributed by atoms with Crippen molar-refractivity contribution in [1.82, 2.24) is 4.90 Å². The van der Waals surface area contributed by atoms with Crippen molar-refractivity contribution < 1.29 is 14.3 Å². The van der Waals surface area contributed by atoms with Crippen LogP contribution in [0.5, 0.6) is 11.5 Å². The molecule has 0 aliphatic carbocycles. The Hall–Kier alpha value is -1.71. The summed E-state index contributed by atoms with van der Waals surface area (Å²) in [6.07, 6.45) is 2.02. The number of carbonyl (C=O) groups is 1. The van der Waals surface area contributed by atoms with E-state index in [9.17, 15) is 4.79 Å². The highest BCUT2D eigenvalue weighted by Gasteiger charge is 2.21. The van der Waals surface area contributed by atoms with Crippen LogP contribution in [0.4, 0.5) is 0 Å². The molecule has 1 amide bonds. The van der Waals surface area contributed by atoms with Crippen LogP contribution in [-0.4, -0.2) is 38.1 Å². The molecule has 1 aromatic rings. The average molecular weight is 262 g/mol. The van der Waals surface area contributed by atoms with Gasteiger partial charge in [-0.05, 0) is 36.2 Å². The van der Waals surface area contributed by atoms with Gasteiger partial charge in [-0.2, -0.15) is 6.42 Å². The summed E-state index contributed by atoms with van der Waals surface area (Å²) in [5.41, 5.74) is 2.20. The minimum Gasteiger partial charge on any atom is -0.493 e. The molecule has 0 bridgehead atoms. The maximum Gasteiger partial charge on any atom is 0.226 e. The molecule has 1 heterocycles. The Morgan fingerprint density at radius 2 is 1.84 bits per heavy atom. The quantitative estimate of drug-likeness (QED) is 0.777. The molecule has 0 fully saturated rings. The predicted octanol–water partition coefficient (Wildman–Crippen LogP) is 1.86. The van der Waals surface area contributed by atoms with Crippen molar-refractivity contribution in [3.8, 4) is 11.5 Å². The third-order valence-electron chi connectivity index (χ3n) is 3.48. The molecule has 4 nitrogen and oxygen atoms in total. The molecule has 0 saturated heterocycles. The Morgan fingerprint density at radius 1 is 1.21 bits per heavy atom. The molecule has 1 aromatic carbocycles. The summed E-state index contributed by atoms with van der Waals surface area (Å²) in [7, 11) is 3.24. The second-order valence-electron chi connectivity index (χ2n) is 4.64. The fourth-order valence-corrected chi connectivity index (χ4v) is 2.44. The number of amides is 1. The Morgan fingerprint density at radius 3 is 2.42 bits per heavy atom. The number of rotatable bonds is 4. The van der Waals surface area contributed by atoms with Crippen LogP contribution >= 0.6 is 0 Å². The molecule has 0 spiro atoms. The minimum absolute atomic E-state index is 0.162. The summed E-state index contributed by atoms with van der Waals surface area (Å²) in [5.74, 6) is 1.56. The lowest BCUT2D eigenvalue weighted by atomic mass is 10.0. The zero-order valence-electron chi connectivity index (χ0n) is 11.6. The number of ether oxygens (including phenoxy) is 2. The normalized spacial score (nSPS) is 14.9. The van der Waals surface area contributed by atoms with Crippen LogP contribution in [0.25, 0.3) is 0 Å². The van der Waals surface area contributed by atoms with Gasteiger partial charge < -0.3 is 21.3 Å². The third-order valence-corrected chi connectivity index (χ3v) is 3.48. The molecule has 0 radical (unpaired) electrons. The zero-order chi connectivity index (χ0) is 13.8. The number of benzene rings is 1. The van der Waals surface area contributed by atoms with Gasteiger partial charge in [-0.25, -0.2) is 0 Å². The van der Waals surface area contributed by atoms with E-state index in [0.717, 1.165) is 42.8 Å². The van der Waals surface area contributed by atoms with E-state index in [4.69, 9.17) is 9.47 Å². The van der Waals surface area contributed by atoms with E-state index >= 15 is 0 Å². The van der Waals surface area contributed by atoms with Gasteiger partial charge in [0.15, 0.2) is 11.5 Å². The smallest absolute Gasteiger partial charge is 0.226 e. The van der Waals surface area contributed by atoms with E-state index in [0.29, 0.717) is 12.2 Å². The van der Waals surface area contributed by atoms with Crippen LogP contribution in [0.3, 0.4) is 0 Å². The van der Waals surface area contributed by atoms with Crippen molar-refractivity contribution in [3.63, 3.8) is 0 Å². The van der Waals surface area contributed by atoms with Crippen LogP contribution < -0.4 is 9.47 Å². The fraction of sp³-hybridized carbons (Fsp3) is 0.467. The fourth-order valence-electron chi connectivity index (χ4n) is 2.44. The van der Waals surface area contributed by atoms with Crippen molar-refractivity contribution >= 4 is 5.91 Å². The number of carbonyl (C=O) groups excluding carboxylic acids is 1. The highest BCUT2D eigenvalue weighted by atomic mass is 16.5. The number of hydrogen-bond donors (Lipinski definition) is 0. The maximum atomic E-state index is 12.1. The van der Waals surface area contributed by atoms with Crippen LogP contribution in [0, 0.1) is 6.92 Å². The second kappa shape index (κ2) is 5.95. The van der Waals surface area contributed by atoms with Gasteiger partial charge in [-0.3, -0.25) is 4.79 Å². The van der Waals surface area contributed by atoms with Crippen molar-refractivity contribution in [2.45, 2.75) is 19.3 Å². The minimum atomic E-state index is 0.162. The second-order valence-corrected chi connectivity index (χ2v) is 4.64. The van der Waals surface area contributed by atoms with Gasteiger partial charge in [0.1, 0.15) is 0 Å². The molecule has 0 saturated carbocycles. The molecule has 0 aromatic heterocycles. The lowest BCUT2D eigenvalue weighted by Crippen LogP contribution is -2.32. The van der Waals surface area contributed by atoms with Crippen LogP contribution in [-0.2, 0) is 17.6 Å². The van der Waals surface area contributed by atoms with Gasteiger partial charge in [-0.1, -0.05) is 0 Å². The topological polar surface area (TPSA) is 38.8 Å². The van der Waals surface area contributed by atoms with E-state index in [1.807, 2.05) is 17.0 Å². The molecule has 2 rings (SSSR count). The summed E-state index contributed by atoms with van der Waals surface area (Å²) >= 11 is 0. The molecule has 19 heavy (non-hydrogen) atoms. The summed E-state index contributed by atoms with van der Waals surface area (Å²) in [5, 5.41) is 0. The first-order valence-corrected chi connectivity index (χ1v) is 6.50. The van der Waals surface area contributed by atoms with E-state index < -0.39 is 0 Å². The Bertz CT molecular complexity index is 471. The van der Waals surface area contributed by atoms with E-state index in [-0.39, 0.29) is 5.91 Å². The van der Waals surface area contributed by atoms with Crippen molar-refractivity contribution in [2.75, 3.05) is 27.3 Å². The van der Waals surface area contributed by atoms with E-state index in [2.05, 4.69) is 6.92 Å². The molecule has 1 aliphatic rings. The molecule has 104 valence electrons. The first-order valence-electron chi connectivity index (χ1n) is 6.50. The van der Waals surface area contributed by atoms with Crippen LogP contribution in [0.2, 0.25) is 0 Å². The maximum absolute atomic E-state index is 12.1. The lowest BCUT2D eigenvalue weighted by Gasteiger charge is -2.20. The van der Waals surface area contributed by atoms with Gasteiger partial charge in [0.2, 0.25) is 5.91 Å². The number of methoxy groups -OCH3 is 2. The van der Waals surface area contributed by atoms with Gasteiger partial charge in [-0.15, -0.1) is 0 Å². The molecule has 0 atom stereocenters. The zero-order valence-corrected chi connectivity index (χ0v) is 11.6. The molecular formula is C15H20NO3-. The monoisotopic (exact) mass is 262 g/mol. The lowest BCUT2D eigenvalue weighted by molar-refractivity contribution is -0.130. The average Bonchev–Trinajstić information content (AvgIpc) is 2.57. The van der Waals surface area contributed by atoms with Gasteiger partial charge in [0.05, 0.1) is 20.6 Å². The van der Waals surface area contributed by atoms with Crippen molar-refractivity contribution in [1.29, 1.82) is 0 Å². The first-order chi connectivity index (χ1) is 9.19. The van der Waals surface area contributed by atoms with E-state index in [1.165, 1.54) is 0 Å². The van der Waals surface area contributed by atoms with Crippen LogP contribution in [0.1, 0.15) is 17.5 Å². The Kier molecular flexibility index (Phi) is 4.30. The Balaban J connectivity index is 2.31. The van der Waals surface area contributed by atoms with Crippen molar-refractivity contribution in [2.24, 2.45) is 0 Å². The number of fused-ring (bicyclic) bond motifs is 1. The van der Waals surface area contributed by atoms with Gasteiger partial charge >= 0.3 is 0 Å². The summed E-state index contributed by atoms with van der Waals surface area (Å²) in [6.45, 7) is 5.29. The number of hydrogen-bond acceptors (Lipinski definition) is 3. The van der Waals surface area contributed by atoms with Gasteiger partial charge in [0, 0.05) is 6.54 Å². The molecular weight excluding hydrogens is 242 g/mol. The predicted molar refractivity (Wildman–Crippen MR) is 73.5 cm³/mol. The molecule has 4 heteroatoms. The first kappa shape index (κ1) is 13.7. The SMILES string of the molecule is [CH2-]CCN1CCc2cc(OC)c(OC)cc2CC1=O. The standard InChI is InChI=1S/C15H20NO3/c1-4-6-16-7-5-11-8-13(18-2)14(19-3)9-12(11)10-15(16)17/h8-9H,1,4-7,10H2,2-3H3/q-1. The number of nitrogens with zero attached hydrogens (tertiary/aromatic N) is 1. The third kappa shape index (κ3) is 2.83. The largest absolute Gasteiger partial charge is 0.493 e. The van der Waals surface area contributed by atoms with Crippen LogP contribution in [0.15, 0.2) is 12.1 Å². The van der Waals surface area contributed by atoms with Crippen molar-refractivity contribution in [3.05, 3.63) is 30.2 Å². The molecule has 0 N–H and O–H groups in total. The molecule has 1 aliphatic heterocycles. The van der Waals surface area contributed by atoms with Gasteiger partial charge in [0.25, 0.3) is 0 Å². The summed E-state index contributed by atoms with van der Waals surface area (Å²) in [4.78, 5) is 14.0. The molecule has 0 unspecified atom stereocenters. The highest BCUT2D eigenvalue weighted by Crippen LogP contribution is 2.32. The summed E-state index contributed by atoms with van der Waals surface area (Å²) in [6, 6.07) is 3.90. The van der Waals surface area contributed by atoms with E-state index in [1.54, 1.807) is 14.2 Å². The Labute approximate surface area is 114 Å². The highest BCUT2D eigenvalue weighted by molar-refractivity contribution is 5.80.